The third-order valence-electron chi connectivity index (χ3n) is 1.93. The molecule has 0 atom stereocenters. The van der Waals surface area contributed by atoms with Crippen molar-refractivity contribution in [2.75, 3.05) is 0 Å². The van der Waals surface area contributed by atoms with E-state index in [4.69, 9.17) is 4.42 Å². The lowest BCUT2D eigenvalue weighted by Crippen LogP contribution is -2.12. The average molecular weight is 378 g/mol. The van der Waals surface area contributed by atoms with E-state index in [2.05, 4.69) is 25.8 Å². The van der Waals surface area contributed by atoms with Gasteiger partial charge in [0.25, 0.3) is 0 Å². The number of halogens is 2. The highest BCUT2D eigenvalue weighted by Gasteiger charge is 2.07. The van der Waals surface area contributed by atoms with Gasteiger partial charge in [0.2, 0.25) is 0 Å². The Kier molecular flexibility index (Phi) is 3.17. The number of benzene rings is 1. The molecule has 0 fully saturated rings. The van der Waals surface area contributed by atoms with Crippen molar-refractivity contribution in [3.8, 4) is 9.85 Å². The molecule has 0 aliphatic carbocycles. The molecule has 0 amide bonds. The number of hydrogen-bond donors (Lipinski definition) is 0. The monoisotopic (exact) mass is 377 g/mol. The van der Waals surface area contributed by atoms with Gasteiger partial charge < -0.3 is 4.42 Å². The summed E-state index contributed by atoms with van der Waals surface area (Å²) in [7, 11) is 0. The zero-order chi connectivity index (χ0) is 10.8. The minimum absolute atomic E-state index is 0.358. The summed E-state index contributed by atoms with van der Waals surface area (Å²) in [5.41, 5.74) is 1.34. The van der Waals surface area contributed by atoms with Crippen LogP contribution in [0.5, 0.6) is 0 Å². The SMILES string of the molecule is O=c1oc2cc(Br)ccc2n1CC#CI. The van der Waals surface area contributed by atoms with Gasteiger partial charge in [-0.2, -0.15) is 0 Å². The minimum atomic E-state index is -0.373. The fourth-order valence-corrected chi connectivity index (χ4v) is 1.81. The molecule has 0 saturated heterocycles. The predicted molar refractivity (Wildman–Crippen MR) is 70.0 cm³/mol. The molecule has 2 rings (SSSR count). The van der Waals surface area contributed by atoms with Crippen LogP contribution in [-0.4, -0.2) is 4.57 Å². The largest absolute Gasteiger partial charge is 0.420 e. The lowest BCUT2D eigenvalue weighted by molar-refractivity contribution is 0.521. The van der Waals surface area contributed by atoms with E-state index in [9.17, 15) is 4.79 Å². The summed E-state index contributed by atoms with van der Waals surface area (Å²) in [6.07, 6.45) is 0. The molecule has 0 unspecified atom stereocenters. The highest BCUT2D eigenvalue weighted by molar-refractivity contribution is 14.1. The predicted octanol–water partition coefficient (Wildman–Crippen LogP) is 2.75. The van der Waals surface area contributed by atoms with Crippen LogP contribution in [0.3, 0.4) is 0 Å². The molecule has 3 nitrogen and oxygen atoms in total. The smallest absolute Gasteiger partial charge is 0.408 e. The van der Waals surface area contributed by atoms with Crippen molar-refractivity contribution in [2.24, 2.45) is 0 Å². The second-order valence-electron chi connectivity index (χ2n) is 2.84. The quantitative estimate of drug-likeness (QED) is 0.565. The molecule has 0 bridgehead atoms. The highest BCUT2D eigenvalue weighted by Crippen LogP contribution is 2.18. The normalized spacial score (nSPS) is 10.0. The summed E-state index contributed by atoms with van der Waals surface area (Å²) < 4.78 is 10.2. The summed E-state index contributed by atoms with van der Waals surface area (Å²) in [5, 5.41) is 0. The Hall–Kier alpha value is -0.740. The van der Waals surface area contributed by atoms with Gasteiger partial charge in [-0.05, 0) is 22.1 Å². The minimum Gasteiger partial charge on any atom is -0.408 e. The van der Waals surface area contributed by atoms with Crippen molar-refractivity contribution in [1.82, 2.24) is 4.57 Å². The summed E-state index contributed by atoms with van der Waals surface area (Å²) in [6, 6.07) is 5.47. The third-order valence-corrected chi connectivity index (χ3v) is 2.81. The van der Waals surface area contributed by atoms with E-state index in [0.717, 1.165) is 9.99 Å². The second kappa shape index (κ2) is 4.41. The molecule has 2 aromatic rings. The first-order valence-corrected chi connectivity index (χ1v) is 5.97. The molecular formula is C10H5BrINO2. The molecule has 0 aliphatic heterocycles. The van der Waals surface area contributed by atoms with Gasteiger partial charge in [0.1, 0.15) is 0 Å². The molecule has 15 heavy (non-hydrogen) atoms. The van der Waals surface area contributed by atoms with Crippen LogP contribution < -0.4 is 5.76 Å². The first kappa shape index (κ1) is 10.8. The van der Waals surface area contributed by atoms with Gasteiger partial charge in [-0.15, -0.1) is 0 Å². The zero-order valence-electron chi connectivity index (χ0n) is 7.46. The van der Waals surface area contributed by atoms with Gasteiger partial charge in [-0.3, -0.25) is 4.57 Å². The first-order chi connectivity index (χ1) is 7.22. The molecule has 1 aromatic heterocycles. The van der Waals surface area contributed by atoms with Gasteiger partial charge in [0.05, 0.1) is 12.1 Å². The van der Waals surface area contributed by atoms with Crippen LogP contribution >= 0.6 is 38.5 Å². The molecule has 0 spiro atoms. The number of aromatic nitrogens is 1. The van der Waals surface area contributed by atoms with Gasteiger partial charge in [-0.1, -0.05) is 21.9 Å². The van der Waals surface area contributed by atoms with Crippen molar-refractivity contribution < 1.29 is 4.42 Å². The standard InChI is InChI=1S/C10H5BrINO2/c11-7-2-3-8-9(6-7)15-10(14)13(8)5-1-4-12/h2-3,6H,5H2. The maximum Gasteiger partial charge on any atom is 0.420 e. The Balaban J connectivity index is 2.66. The molecule has 1 heterocycles. The van der Waals surface area contributed by atoms with Crippen LogP contribution in [0, 0.1) is 9.85 Å². The van der Waals surface area contributed by atoms with E-state index in [0.29, 0.717) is 12.1 Å². The molecule has 0 aliphatic rings. The lowest BCUT2D eigenvalue weighted by atomic mass is 10.3. The summed E-state index contributed by atoms with van der Waals surface area (Å²) in [6.45, 7) is 0.358. The molecule has 76 valence electrons. The van der Waals surface area contributed by atoms with E-state index in [-0.39, 0.29) is 5.76 Å². The van der Waals surface area contributed by atoms with Gasteiger partial charge in [-0.25, -0.2) is 4.79 Å². The van der Waals surface area contributed by atoms with Crippen LogP contribution in [0.2, 0.25) is 0 Å². The fourth-order valence-electron chi connectivity index (χ4n) is 1.30. The van der Waals surface area contributed by atoms with Crippen molar-refractivity contribution in [2.45, 2.75) is 6.54 Å². The van der Waals surface area contributed by atoms with E-state index < -0.39 is 0 Å². The molecule has 0 N–H and O–H groups in total. The van der Waals surface area contributed by atoms with E-state index in [1.165, 1.54) is 4.57 Å². The van der Waals surface area contributed by atoms with E-state index in [1.807, 2.05) is 34.7 Å². The number of rotatable bonds is 1. The Morgan fingerprint density at radius 3 is 3.07 bits per heavy atom. The second-order valence-corrected chi connectivity index (χ2v) is 4.29. The molecule has 0 radical (unpaired) electrons. The summed E-state index contributed by atoms with van der Waals surface area (Å²) >= 11 is 5.26. The number of nitrogens with zero attached hydrogens (tertiary/aromatic N) is 1. The first-order valence-electron chi connectivity index (χ1n) is 4.10. The van der Waals surface area contributed by atoms with Crippen LogP contribution in [0.25, 0.3) is 11.1 Å². The van der Waals surface area contributed by atoms with E-state index >= 15 is 0 Å². The van der Waals surface area contributed by atoms with Crippen LogP contribution in [0.1, 0.15) is 0 Å². The van der Waals surface area contributed by atoms with Gasteiger partial charge in [0, 0.05) is 27.1 Å². The third kappa shape index (κ3) is 2.11. The highest BCUT2D eigenvalue weighted by atomic mass is 127. The molecular weight excluding hydrogens is 373 g/mol. The topological polar surface area (TPSA) is 35.1 Å². The summed E-state index contributed by atoms with van der Waals surface area (Å²) in [5.74, 6) is 2.45. The molecule has 5 heteroatoms. The maximum absolute atomic E-state index is 11.5. The Morgan fingerprint density at radius 1 is 1.53 bits per heavy atom. The number of hydrogen-bond acceptors (Lipinski definition) is 2. The van der Waals surface area contributed by atoms with Crippen molar-refractivity contribution in [3.05, 3.63) is 33.2 Å². The zero-order valence-corrected chi connectivity index (χ0v) is 11.2. The lowest BCUT2D eigenvalue weighted by Gasteiger charge is -1.94. The van der Waals surface area contributed by atoms with Gasteiger partial charge >= 0.3 is 5.76 Å². The summed E-state index contributed by atoms with van der Waals surface area (Å²) in [4.78, 5) is 11.5. The maximum atomic E-state index is 11.5. The Labute approximate surface area is 108 Å². The van der Waals surface area contributed by atoms with Crippen molar-refractivity contribution >= 4 is 49.6 Å². The van der Waals surface area contributed by atoms with Crippen LogP contribution in [0.4, 0.5) is 0 Å². The molecule has 0 saturated carbocycles. The van der Waals surface area contributed by atoms with E-state index in [1.54, 1.807) is 6.07 Å². The van der Waals surface area contributed by atoms with Crippen molar-refractivity contribution in [3.63, 3.8) is 0 Å². The fraction of sp³-hybridized carbons (Fsp3) is 0.100. The molecule has 1 aromatic carbocycles. The van der Waals surface area contributed by atoms with Gasteiger partial charge in [0.15, 0.2) is 5.58 Å². The Morgan fingerprint density at radius 2 is 2.33 bits per heavy atom. The van der Waals surface area contributed by atoms with Crippen LogP contribution in [-0.2, 0) is 6.54 Å². The Bertz CT molecular complexity index is 618. The number of fused-ring (bicyclic) bond motifs is 1. The number of oxazole rings is 1. The van der Waals surface area contributed by atoms with Crippen molar-refractivity contribution in [1.29, 1.82) is 0 Å². The average Bonchev–Trinajstić information content (AvgIpc) is 2.50. The van der Waals surface area contributed by atoms with Crippen LogP contribution in [0.15, 0.2) is 31.9 Å².